The number of aliphatic imine (C=N–C) groups is 1. The van der Waals surface area contributed by atoms with E-state index in [1.165, 1.54) is 19.3 Å². The van der Waals surface area contributed by atoms with Gasteiger partial charge in [0.05, 0.1) is 27.5 Å². The monoisotopic (exact) mass is 441 g/mol. The van der Waals surface area contributed by atoms with Crippen LogP contribution in [0.2, 0.25) is 0 Å². The van der Waals surface area contributed by atoms with E-state index in [1.807, 2.05) is 23.9 Å². The average Bonchev–Trinajstić information content (AvgIpc) is 3.09. The summed E-state index contributed by atoms with van der Waals surface area (Å²) in [5.74, 6) is 1.79. The van der Waals surface area contributed by atoms with E-state index in [0.717, 1.165) is 53.7 Å². The highest BCUT2D eigenvalue weighted by Gasteiger charge is 2.37. The van der Waals surface area contributed by atoms with Crippen LogP contribution < -0.4 is 10.5 Å². The molecule has 2 atom stereocenters. The van der Waals surface area contributed by atoms with Crippen molar-refractivity contribution in [3.63, 3.8) is 0 Å². The van der Waals surface area contributed by atoms with Crippen LogP contribution in [0, 0.1) is 0 Å². The zero-order valence-electron chi connectivity index (χ0n) is 18.6. The molecule has 0 aliphatic carbocycles. The quantitative estimate of drug-likeness (QED) is 0.755. The zero-order chi connectivity index (χ0) is 21.6. The predicted octanol–water partition coefficient (Wildman–Crippen LogP) is 4.58. The molecule has 5 heterocycles. The van der Waals surface area contributed by atoms with Crippen molar-refractivity contribution < 1.29 is 4.74 Å². The van der Waals surface area contributed by atoms with Crippen molar-refractivity contribution in [1.29, 1.82) is 0 Å². The molecular formula is C23H31N5O2S. The highest BCUT2D eigenvalue weighted by molar-refractivity contribution is 8.14. The molecule has 2 aromatic heterocycles. The first-order valence-electron chi connectivity index (χ1n) is 11.3. The summed E-state index contributed by atoms with van der Waals surface area (Å²) in [6, 6.07) is 4.29. The molecule has 0 aromatic carbocycles. The van der Waals surface area contributed by atoms with Gasteiger partial charge >= 0.3 is 0 Å². The number of piperidine rings is 1. The molecule has 3 aliphatic rings. The van der Waals surface area contributed by atoms with Gasteiger partial charge in [0.25, 0.3) is 5.56 Å². The molecule has 0 radical (unpaired) electrons. The Hall–Kier alpha value is -2.06. The van der Waals surface area contributed by atoms with E-state index >= 15 is 0 Å². The number of hydrogen-bond donors (Lipinski definition) is 1. The Morgan fingerprint density at radius 2 is 2.06 bits per heavy atom. The summed E-state index contributed by atoms with van der Waals surface area (Å²) in [5.41, 5.74) is 1.62. The smallest absolute Gasteiger partial charge is 0.271 e. The molecular weight excluding hydrogens is 410 g/mol. The van der Waals surface area contributed by atoms with Crippen molar-refractivity contribution in [2.24, 2.45) is 4.99 Å². The van der Waals surface area contributed by atoms with Crippen LogP contribution in [-0.4, -0.2) is 45.1 Å². The number of aromatic nitrogens is 3. The van der Waals surface area contributed by atoms with Crippen molar-refractivity contribution in [2.75, 3.05) is 24.6 Å². The maximum absolute atomic E-state index is 13.2. The number of ether oxygens (including phenoxy) is 1. The molecule has 166 valence electrons. The van der Waals surface area contributed by atoms with E-state index in [2.05, 4.69) is 29.9 Å². The van der Waals surface area contributed by atoms with Gasteiger partial charge in [-0.1, -0.05) is 17.8 Å². The second-order valence-corrected chi connectivity index (χ2v) is 10.7. The van der Waals surface area contributed by atoms with E-state index in [-0.39, 0.29) is 22.5 Å². The maximum Gasteiger partial charge on any atom is 0.271 e. The molecule has 2 aromatic rings. The Labute approximate surface area is 187 Å². The summed E-state index contributed by atoms with van der Waals surface area (Å²) < 4.78 is 7.91. The van der Waals surface area contributed by atoms with Crippen molar-refractivity contribution in [3.8, 4) is 0 Å². The Balaban J connectivity index is 1.58. The largest absolute Gasteiger partial charge is 0.375 e. The van der Waals surface area contributed by atoms with Crippen molar-refractivity contribution >= 4 is 28.4 Å². The number of aromatic amines is 1. The lowest BCUT2D eigenvalue weighted by Crippen LogP contribution is -2.35. The number of thioether (sulfide) groups is 1. The van der Waals surface area contributed by atoms with Crippen molar-refractivity contribution in [3.05, 3.63) is 39.8 Å². The Morgan fingerprint density at radius 1 is 1.26 bits per heavy atom. The summed E-state index contributed by atoms with van der Waals surface area (Å²) >= 11 is 1.66. The van der Waals surface area contributed by atoms with Crippen molar-refractivity contribution in [2.45, 2.75) is 69.8 Å². The van der Waals surface area contributed by atoms with Crippen LogP contribution in [0.1, 0.15) is 75.3 Å². The van der Waals surface area contributed by atoms with E-state index < -0.39 is 0 Å². The van der Waals surface area contributed by atoms with Gasteiger partial charge in [0.1, 0.15) is 5.82 Å². The lowest BCUT2D eigenvalue weighted by molar-refractivity contribution is -0.0705. The summed E-state index contributed by atoms with van der Waals surface area (Å²) in [5, 5.41) is 4.01. The number of fused-ring (bicyclic) bond motifs is 1. The molecule has 0 amide bonds. The minimum absolute atomic E-state index is 0.0403. The highest BCUT2D eigenvalue weighted by atomic mass is 32.2. The van der Waals surface area contributed by atoms with Crippen LogP contribution >= 0.6 is 11.8 Å². The molecule has 1 N–H and O–H groups in total. The second kappa shape index (κ2) is 8.13. The van der Waals surface area contributed by atoms with Gasteiger partial charge in [0.15, 0.2) is 5.82 Å². The second-order valence-electron chi connectivity index (χ2n) is 9.40. The van der Waals surface area contributed by atoms with E-state index in [9.17, 15) is 4.79 Å². The molecule has 0 bridgehead atoms. The molecule has 31 heavy (non-hydrogen) atoms. The minimum atomic E-state index is -0.205. The zero-order valence-corrected chi connectivity index (χ0v) is 19.4. The summed E-state index contributed by atoms with van der Waals surface area (Å²) in [6.45, 7) is 9.00. The van der Waals surface area contributed by atoms with Gasteiger partial charge in [-0.15, -0.1) is 0 Å². The third kappa shape index (κ3) is 3.96. The van der Waals surface area contributed by atoms with Gasteiger partial charge in [0.2, 0.25) is 0 Å². The number of pyridine rings is 1. The average molecular weight is 442 g/mol. The number of hydrogen-bond acceptors (Lipinski definition) is 6. The fourth-order valence-electron chi connectivity index (χ4n) is 5.10. The molecule has 2 saturated heterocycles. The highest BCUT2D eigenvalue weighted by Crippen LogP contribution is 2.47. The number of anilines is 1. The van der Waals surface area contributed by atoms with Crippen LogP contribution in [-0.2, 0) is 4.74 Å². The molecule has 3 aliphatic heterocycles. The summed E-state index contributed by atoms with van der Waals surface area (Å²) in [7, 11) is 0. The molecule has 7 nitrogen and oxygen atoms in total. The normalized spacial score (nSPS) is 25.8. The van der Waals surface area contributed by atoms with Gasteiger partial charge in [-0.3, -0.25) is 14.6 Å². The minimum Gasteiger partial charge on any atom is -0.375 e. The van der Waals surface area contributed by atoms with Gasteiger partial charge in [0, 0.05) is 31.5 Å². The molecule has 0 unspecified atom stereocenters. The van der Waals surface area contributed by atoms with E-state index in [0.29, 0.717) is 6.61 Å². The first-order valence-corrected chi connectivity index (χ1v) is 12.2. The standard InChI is InChI=1S/C23H31N5O2S/c1-15-25-21-18(22(29)26-28(21)16-9-13-30-23(2,3)14-16)19(31-15)17-8-7-10-24-20(17)27-11-5-4-6-12-27/h7-8,10,16,19H,4-6,9,11-14H2,1-3H3,(H,26,29)/t16-,19+/m0/s1. The lowest BCUT2D eigenvalue weighted by atomic mass is 9.94. The maximum atomic E-state index is 13.2. The summed E-state index contributed by atoms with van der Waals surface area (Å²) in [6.07, 6.45) is 7.24. The third-order valence-electron chi connectivity index (χ3n) is 6.54. The van der Waals surface area contributed by atoms with Gasteiger partial charge in [-0.2, -0.15) is 0 Å². The van der Waals surface area contributed by atoms with Crippen LogP contribution in [0.5, 0.6) is 0 Å². The molecule has 8 heteroatoms. The fourth-order valence-corrected chi connectivity index (χ4v) is 6.22. The Kier molecular flexibility index (Phi) is 5.46. The van der Waals surface area contributed by atoms with Gasteiger partial charge in [-0.25, -0.2) is 9.98 Å². The van der Waals surface area contributed by atoms with Gasteiger partial charge in [-0.05, 0) is 58.9 Å². The third-order valence-corrected chi connectivity index (χ3v) is 7.70. The number of H-pyrrole nitrogens is 1. The number of nitrogens with zero attached hydrogens (tertiary/aromatic N) is 4. The van der Waals surface area contributed by atoms with Crippen LogP contribution in [0.25, 0.3) is 0 Å². The topological polar surface area (TPSA) is 75.5 Å². The van der Waals surface area contributed by atoms with E-state index in [4.69, 9.17) is 14.7 Å². The van der Waals surface area contributed by atoms with Gasteiger partial charge < -0.3 is 9.64 Å². The van der Waals surface area contributed by atoms with Crippen LogP contribution in [0.4, 0.5) is 11.6 Å². The van der Waals surface area contributed by atoms with E-state index in [1.54, 1.807) is 11.8 Å². The van der Waals surface area contributed by atoms with Crippen LogP contribution in [0.15, 0.2) is 28.1 Å². The first-order chi connectivity index (χ1) is 14.9. The van der Waals surface area contributed by atoms with Crippen molar-refractivity contribution in [1.82, 2.24) is 14.8 Å². The Bertz CT molecular complexity index is 1050. The van der Waals surface area contributed by atoms with Crippen LogP contribution in [0.3, 0.4) is 0 Å². The molecule has 0 saturated carbocycles. The Morgan fingerprint density at radius 3 is 2.84 bits per heavy atom. The molecule has 2 fully saturated rings. The lowest BCUT2D eigenvalue weighted by Gasteiger charge is -2.36. The fraction of sp³-hybridized carbons (Fsp3) is 0.609. The molecule has 5 rings (SSSR count). The first kappa shape index (κ1) is 20.8. The predicted molar refractivity (Wildman–Crippen MR) is 126 cm³/mol. The SMILES string of the molecule is CC1=Nc2c(c(=O)[nH]n2[C@H]2CCOC(C)(C)C2)[C@@H](c2cccnc2N2CCCCC2)S1. The summed E-state index contributed by atoms with van der Waals surface area (Å²) in [4.78, 5) is 25.2. The molecule has 0 spiro atoms. The number of rotatable bonds is 3. The number of nitrogens with one attached hydrogen (secondary N) is 1.